The molecule has 1 aromatic carbocycles. The first kappa shape index (κ1) is 21.5. The molecular weight excluding hydrogens is 406 g/mol. The van der Waals surface area contributed by atoms with E-state index in [4.69, 9.17) is 9.47 Å². The number of morpholine rings is 1. The van der Waals surface area contributed by atoms with Gasteiger partial charge in [0.15, 0.2) is 0 Å². The molecule has 0 aromatic heterocycles. The molecule has 2 saturated heterocycles. The van der Waals surface area contributed by atoms with Gasteiger partial charge >= 0.3 is 0 Å². The van der Waals surface area contributed by atoms with Gasteiger partial charge in [-0.05, 0) is 56.9 Å². The van der Waals surface area contributed by atoms with Gasteiger partial charge in [-0.3, -0.25) is 4.79 Å². The second-order valence-electron chi connectivity index (χ2n) is 8.55. The highest BCUT2D eigenvalue weighted by Gasteiger charge is 2.37. The predicted molar refractivity (Wildman–Crippen MR) is 113 cm³/mol. The number of hydrogen-bond acceptors (Lipinski definition) is 5. The number of rotatable bonds is 6. The molecule has 3 fully saturated rings. The van der Waals surface area contributed by atoms with Crippen LogP contribution in [0.15, 0.2) is 24.3 Å². The summed E-state index contributed by atoms with van der Waals surface area (Å²) in [6.45, 7) is 6.61. The minimum atomic E-state index is -3.55. The van der Waals surface area contributed by atoms with Crippen LogP contribution < -0.4 is 4.74 Å². The Hall–Kier alpha value is -1.68. The summed E-state index contributed by atoms with van der Waals surface area (Å²) in [5.41, 5.74) is 0.598. The van der Waals surface area contributed by atoms with Crippen molar-refractivity contribution >= 4 is 16.1 Å². The Labute approximate surface area is 178 Å². The Bertz CT molecular complexity index is 838. The number of benzene rings is 1. The van der Waals surface area contributed by atoms with E-state index < -0.39 is 10.2 Å². The zero-order chi connectivity index (χ0) is 21.3. The largest absolute Gasteiger partial charge is 0.493 e. The van der Waals surface area contributed by atoms with Gasteiger partial charge in [0.2, 0.25) is 0 Å². The third-order valence-corrected chi connectivity index (χ3v) is 7.82. The molecule has 1 aliphatic carbocycles. The highest BCUT2D eigenvalue weighted by molar-refractivity contribution is 7.86. The molecule has 0 radical (unpaired) electrons. The molecule has 166 valence electrons. The summed E-state index contributed by atoms with van der Waals surface area (Å²) in [6.07, 6.45) is 2.23. The van der Waals surface area contributed by atoms with E-state index in [2.05, 4.69) is 0 Å². The van der Waals surface area contributed by atoms with Crippen molar-refractivity contribution < 1.29 is 22.7 Å². The molecule has 8 nitrogen and oxygen atoms in total. The smallest absolute Gasteiger partial charge is 0.282 e. The first-order chi connectivity index (χ1) is 14.3. The number of amides is 1. The Morgan fingerprint density at radius 2 is 1.60 bits per heavy atom. The quantitative estimate of drug-likeness (QED) is 0.675. The summed E-state index contributed by atoms with van der Waals surface area (Å²) >= 11 is 0. The van der Waals surface area contributed by atoms with Crippen molar-refractivity contribution in [1.29, 1.82) is 0 Å². The van der Waals surface area contributed by atoms with Gasteiger partial charge in [0.1, 0.15) is 5.75 Å². The lowest BCUT2D eigenvalue weighted by atomic mass is 10.2. The molecule has 1 saturated carbocycles. The minimum absolute atomic E-state index is 0.0746. The molecule has 1 aromatic rings. The number of ether oxygens (including phenoxy) is 2. The summed E-state index contributed by atoms with van der Waals surface area (Å²) in [5.74, 6) is 1.39. The average molecular weight is 438 g/mol. The SMILES string of the molecule is CC1CN(S(=O)(=O)N2CCN(C(=O)c3ccc(OCC4CC4)cc3)CC2)CC(C)O1. The Kier molecular flexibility index (Phi) is 6.34. The normalized spacial score (nSPS) is 26.5. The van der Waals surface area contributed by atoms with Crippen molar-refractivity contribution in [3.8, 4) is 5.75 Å². The summed E-state index contributed by atoms with van der Waals surface area (Å²) in [7, 11) is -3.55. The lowest BCUT2D eigenvalue weighted by Gasteiger charge is -2.40. The first-order valence-electron chi connectivity index (χ1n) is 10.8. The van der Waals surface area contributed by atoms with Gasteiger partial charge in [-0.2, -0.15) is 17.0 Å². The predicted octanol–water partition coefficient (Wildman–Crippen LogP) is 1.59. The van der Waals surface area contributed by atoms with Crippen LogP contribution in [-0.4, -0.2) is 85.9 Å². The maximum absolute atomic E-state index is 13.0. The molecule has 3 aliphatic rings. The molecular formula is C21H31N3O5S. The maximum Gasteiger partial charge on any atom is 0.282 e. The van der Waals surface area contributed by atoms with Crippen LogP contribution in [0, 0.1) is 5.92 Å². The van der Waals surface area contributed by atoms with Crippen LogP contribution in [-0.2, 0) is 14.9 Å². The Morgan fingerprint density at radius 1 is 1.00 bits per heavy atom. The van der Waals surface area contributed by atoms with Crippen molar-refractivity contribution in [1.82, 2.24) is 13.5 Å². The second-order valence-corrected chi connectivity index (χ2v) is 10.5. The fraction of sp³-hybridized carbons (Fsp3) is 0.667. The first-order valence-corrected chi connectivity index (χ1v) is 12.2. The molecule has 9 heteroatoms. The number of carbonyl (C=O) groups excluding carboxylic acids is 1. The lowest BCUT2D eigenvalue weighted by Crippen LogP contribution is -2.57. The topological polar surface area (TPSA) is 79.4 Å². The lowest BCUT2D eigenvalue weighted by molar-refractivity contribution is -0.0457. The molecule has 2 atom stereocenters. The van der Waals surface area contributed by atoms with E-state index in [1.807, 2.05) is 26.0 Å². The van der Waals surface area contributed by atoms with E-state index in [0.29, 0.717) is 50.7 Å². The van der Waals surface area contributed by atoms with Crippen molar-refractivity contribution in [2.24, 2.45) is 5.92 Å². The van der Waals surface area contributed by atoms with Crippen molar-refractivity contribution in [3.63, 3.8) is 0 Å². The fourth-order valence-electron chi connectivity index (χ4n) is 3.98. The van der Waals surface area contributed by atoms with Crippen molar-refractivity contribution in [2.45, 2.75) is 38.9 Å². The van der Waals surface area contributed by atoms with Gasteiger partial charge in [0, 0.05) is 44.8 Å². The second kappa shape index (κ2) is 8.82. The highest BCUT2D eigenvalue weighted by atomic mass is 32.2. The van der Waals surface area contributed by atoms with Crippen LogP contribution >= 0.6 is 0 Å². The van der Waals surface area contributed by atoms with Gasteiger partial charge in [0.25, 0.3) is 16.1 Å². The average Bonchev–Trinajstić information content (AvgIpc) is 3.56. The molecule has 30 heavy (non-hydrogen) atoms. The van der Waals surface area contributed by atoms with E-state index >= 15 is 0 Å². The monoisotopic (exact) mass is 437 g/mol. The molecule has 2 heterocycles. The van der Waals surface area contributed by atoms with Crippen LogP contribution in [0.1, 0.15) is 37.0 Å². The third kappa shape index (κ3) is 4.96. The standard InChI is InChI=1S/C21H31N3O5S/c1-16-13-24(14-17(2)29-16)30(26,27)23-11-9-22(10-12-23)21(25)19-5-7-20(8-6-19)28-15-18-3-4-18/h5-8,16-18H,3-4,9-15H2,1-2H3. The van der Waals surface area contributed by atoms with Gasteiger partial charge in [-0.25, -0.2) is 0 Å². The van der Waals surface area contributed by atoms with E-state index in [9.17, 15) is 13.2 Å². The minimum Gasteiger partial charge on any atom is -0.493 e. The number of carbonyl (C=O) groups is 1. The van der Waals surface area contributed by atoms with E-state index in [0.717, 1.165) is 12.4 Å². The molecule has 4 rings (SSSR count). The molecule has 0 spiro atoms. The van der Waals surface area contributed by atoms with E-state index in [-0.39, 0.29) is 18.1 Å². The summed E-state index contributed by atoms with van der Waals surface area (Å²) < 4.78 is 40.4. The zero-order valence-electron chi connectivity index (χ0n) is 17.7. The number of hydrogen-bond donors (Lipinski definition) is 0. The van der Waals surface area contributed by atoms with Gasteiger partial charge in [-0.15, -0.1) is 0 Å². The summed E-state index contributed by atoms with van der Waals surface area (Å²) in [4.78, 5) is 14.5. The third-order valence-electron chi connectivity index (χ3n) is 5.85. The maximum atomic E-state index is 13.0. The Balaban J connectivity index is 1.31. The van der Waals surface area contributed by atoms with Gasteiger partial charge < -0.3 is 14.4 Å². The van der Waals surface area contributed by atoms with Crippen molar-refractivity contribution in [3.05, 3.63) is 29.8 Å². The Morgan fingerprint density at radius 3 is 2.17 bits per heavy atom. The number of nitrogens with zero attached hydrogens (tertiary/aromatic N) is 3. The molecule has 2 aliphatic heterocycles. The van der Waals surface area contributed by atoms with E-state index in [1.54, 1.807) is 17.0 Å². The highest BCUT2D eigenvalue weighted by Crippen LogP contribution is 2.29. The van der Waals surface area contributed by atoms with Crippen LogP contribution in [0.3, 0.4) is 0 Å². The van der Waals surface area contributed by atoms with Gasteiger partial charge in [-0.1, -0.05) is 0 Å². The fourth-order valence-corrected chi connectivity index (χ4v) is 5.73. The molecule has 2 unspecified atom stereocenters. The van der Waals surface area contributed by atoms with Gasteiger partial charge in [0.05, 0.1) is 18.8 Å². The molecule has 0 N–H and O–H groups in total. The summed E-state index contributed by atoms with van der Waals surface area (Å²) in [6, 6.07) is 7.22. The van der Waals surface area contributed by atoms with Crippen molar-refractivity contribution in [2.75, 3.05) is 45.9 Å². The molecule has 1 amide bonds. The van der Waals surface area contributed by atoms with Crippen LogP contribution in [0.25, 0.3) is 0 Å². The molecule has 0 bridgehead atoms. The number of piperazine rings is 1. The summed E-state index contributed by atoms with van der Waals surface area (Å²) in [5, 5.41) is 0. The van der Waals surface area contributed by atoms with Crippen LogP contribution in [0.5, 0.6) is 5.75 Å². The van der Waals surface area contributed by atoms with E-state index in [1.165, 1.54) is 21.5 Å². The zero-order valence-corrected chi connectivity index (χ0v) is 18.5. The van der Waals surface area contributed by atoms with Crippen LogP contribution in [0.4, 0.5) is 0 Å². The van der Waals surface area contributed by atoms with Crippen LogP contribution in [0.2, 0.25) is 0 Å².